The standard InChI is InChI=1S/C6H8ClN/c1-5-2-3-6(7)8-4-5/h2-4,6,8H,1H3. The van der Waals surface area contributed by atoms with Crippen molar-refractivity contribution >= 4 is 11.6 Å². The van der Waals surface area contributed by atoms with Gasteiger partial charge >= 0.3 is 0 Å². The van der Waals surface area contributed by atoms with Crippen LogP contribution in [0, 0.1) is 0 Å². The van der Waals surface area contributed by atoms with Crippen LogP contribution in [-0.4, -0.2) is 5.50 Å². The maximum absolute atomic E-state index is 5.64. The second kappa shape index (κ2) is 2.23. The Morgan fingerprint density at radius 1 is 1.75 bits per heavy atom. The molecular weight excluding hydrogens is 122 g/mol. The van der Waals surface area contributed by atoms with E-state index in [1.54, 1.807) is 0 Å². The van der Waals surface area contributed by atoms with E-state index in [1.807, 2.05) is 25.3 Å². The fraction of sp³-hybridized carbons (Fsp3) is 0.333. The Balaban J connectivity index is 2.58. The first-order chi connectivity index (χ1) is 3.79. The molecule has 0 saturated heterocycles. The first kappa shape index (κ1) is 5.70. The average molecular weight is 130 g/mol. The zero-order valence-electron chi connectivity index (χ0n) is 4.69. The van der Waals surface area contributed by atoms with E-state index in [0.717, 1.165) is 0 Å². The molecule has 0 fully saturated rings. The summed E-state index contributed by atoms with van der Waals surface area (Å²) in [6.45, 7) is 2.02. The van der Waals surface area contributed by atoms with Gasteiger partial charge in [-0.2, -0.15) is 0 Å². The van der Waals surface area contributed by atoms with Gasteiger partial charge in [0.25, 0.3) is 0 Å². The Bertz CT molecular complexity index is 137. The summed E-state index contributed by atoms with van der Waals surface area (Å²) in [6, 6.07) is 0. The van der Waals surface area contributed by atoms with Gasteiger partial charge in [0.2, 0.25) is 0 Å². The smallest absolute Gasteiger partial charge is 0.120 e. The van der Waals surface area contributed by atoms with Crippen molar-refractivity contribution in [1.29, 1.82) is 0 Å². The molecule has 0 aromatic heterocycles. The van der Waals surface area contributed by atoms with E-state index < -0.39 is 0 Å². The third kappa shape index (κ3) is 1.27. The molecule has 0 aromatic rings. The molecule has 1 unspecified atom stereocenters. The summed E-state index contributed by atoms with van der Waals surface area (Å²) >= 11 is 5.64. The van der Waals surface area contributed by atoms with Crippen LogP contribution in [0.3, 0.4) is 0 Å². The molecule has 2 heteroatoms. The first-order valence-corrected chi connectivity index (χ1v) is 2.98. The Morgan fingerprint density at radius 3 is 2.88 bits per heavy atom. The highest BCUT2D eigenvalue weighted by Gasteiger charge is 1.97. The first-order valence-electron chi connectivity index (χ1n) is 2.54. The molecule has 0 aromatic carbocycles. The lowest BCUT2D eigenvalue weighted by Gasteiger charge is -2.08. The minimum Gasteiger partial charge on any atom is -0.372 e. The fourth-order valence-corrected chi connectivity index (χ4v) is 0.687. The number of halogens is 1. The van der Waals surface area contributed by atoms with Crippen molar-refractivity contribution in [1.82, 2.24) is 5.32 Å². The minimum atomic E-state index is -0.0151. The lowest BCUT2D eigenvalue weighted by molar-refractivity contribution is 0.888. The van der Waals surface area contributed by atoms with Gasteiger partial charge in [-0.1, -0.05) is 17.7 Å². The number of alkyl halides is 1. The van der Waals surface area contributed by atoms with E-state index in [2.05, 4.69) is 5.32 Å². The van der Waals surface area contributed by atoms with E-state index in [9.17, 15) is 0 Å². The molecule has 1 rings (SSSR count). The van der Waals surface area contributed by atoms with Gasteiger partial charge in [0.15, 0.2) is 0 Å². The van der Waals surface area contributed by atoms with Gasteiger partial charge in [0, 0.05) is 6.20 Å². The molecule has 44 valence electrons. The van der Waals surface area contributed by atoms with Gasteiger partial charge in [-0.3, -0.25) is 0 Å². The Labute approximate surface area is 54.0 Å². The molecule has 1 aliphatic rings. The van der Waals surface area contributed by atoms with Crippen LogP contribution in [0.25, 0.3) is 0 Å². The number of dihydropyridines is 1. The lowest BCUT2D eigenvalue weighted by Crippen LogP contribution is -2.17. The molecule has 1 heterocycles. The molecule has 0 radical (unpaired) electrons. The van der Waals surface area contributed by atoms with Crippen LogP contribution in [0.2, 0.25) is 0 Å². The van der Waals surface area contributed by atoms with Gasteiger partial charge in [0.1, 0.15) is 5.50 Å². The van der Waals surface area contributed by atoms with Crippen LogP contribution in [0.15, 0.2) is 23.9 Å². The molecular formula is C6H8ClN. The summed E-state index contributed by atoms with van der Waals surface area (Å²) in [6.07, 6.45) is 5.81. The van der Waals surface area contributed by atoms with Crippen molar-refractivity contribution in [2.24, 2.45) is 0 Å². The molecule has 8 heavy (non-hydrogen) atoms. The van der Waals surface area contributed by atoms with Crippen molar-refractivity contribution in [3.8, 4) is 0 Å². The zero-order valence-corrected chi connectivity index (χ0v) is 5.44. The molecule has 1 aliphatic heterocycles. The second-order valence-electron chi connectivity index (χ2n) is 1.82. The van der Waals surface area contributed by atoms with Crippen LogP contribution in [0.4, 0.5) is 0 Å². The number of rotatable bonds is 0. The van der Waals surface area contributed by atoms with E-state index in [-0.39, 0.29) is 5.50 Å². The third-order valence-corrected chi connectivity index (χ3v) is 1.27. The van der Waals surface area contributed by atoms with E-state index in [0.29, 0.717) is 0 Å². The highest BCUT2D eigenvalue weighted by atomic mass is 35.5. The monoisotopic (exact) mass is 129 g/mol. The SMILES string of the molecule is CC1=CNC(Cl)C=C1. The number of allylic oxidation sites excluding steroid dienone is 2. The topological polar surface area (TPSA) is 12.0 Å². The molecule has 0 spiro atoms. The summed E-state index contributed by atoms with van der Waals surface area (Å²) in [7, 11) is 0. The van der Waals surface area contributed by atoms with Gasteiger partial charge in [-0.25, -0.2) is 0 Å². The van der Waals surface area contributed by atoms with Gasteiger partial charge in [-0.05, 0) is 18.6 Å². The van der Waals surface area contributed by atoms with Gasteiger partial charge in [0.05, 0.1) is 0 Å². The summed E-state index contributed by atoms with van der Waals surface area (Å²) < 4.78 is 0. The Hall–Kier alpha value is -0.430. The van der Waals surface area contributed by atoms with E-state index >= 15 is 0 Å². The molecule has 0 aliphatic carbocycles. The molecule has 0 amide bonds. The number of nitrogens with one attached hydrogen (secondary N) is 1. The fourth-order valence-electron chi connectivity index (χ4n) is 0.551. The normalized spacial score (nSPS) is 26.8. The predicted molar refractivity (Wildman–Crippen MR) is 35.7 cm³/mol. The predicted octanol–water partition coefficient (Wildman–Crippen LogP) is 1.61. The van der Waals surface area contributed by atoms with E-state index in [1.165, 1.54) is 5.57 Å². The summed E-state index contributed by atoms with van der Waals surface area (Å²) in [5.74, 6) is 0. The van der Waals surface area contributed by atoms with Gasteiger partial charge < -0.3 is 5.32 Å². The van der Waals surface area contributed by atoms with Crippen molar-refractivity contribution < 1.29 is 0 Å². The maximum Gasteiger partial charge on any atom is 0.120 e. The molecule has 0 saturated carbocycles. The highest BCUT2D eigenvalue weighted by molar-refractivity contribution is 6.21. The lowest BCUT2D eigenvalue weighted by atomic mass is 10.2. The quantitative estimate of drug-likeness (QED) is 0.387. The van der Waals surface area contributed by atoms with Crippen LogP contribution >= 0.6 is 11.6 Å². The summed E-state index contributed by atoms with van der Waals surface area (Å²) in [5, 5.41) is 2.95. The van der Waals surface area contributed by atoms with Crippen LogP contribution in [-0.2, 0) is 0 Å². The minimum absolute atomic E-state index is 0.0151. The van der Waals surface area contributed by atoms with Crippen molar-refractivity contribution in [2.75, 3.05) is 0 Å². The van der Waals surface area contributed by atoms with Crippen LogP contribution < -0.4 is 5.32 Å². The summed E-state index contributed by atoms with van der Waals surface area (Å²) in [5.41, 5.74) is 1.19. The largest absolute Gasteiger partial charge is 0.372 e. The summed E-state index contributed by atoms with van der Waals surface area (Å²) in [4.78, 5) is 0. The molecule has 1 nitrogen and oxygen atoms in total. The third-order valence-electron chi connectivity index (χ3n) is 0.998. The van der Waals surface area contributed by atoms with Crippen molar-refractivity contribution in [2.45, 2.75) is 12.4 Å². The van der Waals surface area contributed by atoms with E-state index in [4.69, 9.17) is 11.6 Å². The van der Waals surface area contributed by atoms with Crippen molar-refractivity contribution in [3.05, 3.63) is 23.9 Å². The maximum atomic E-state index is 5.64. The molecule has 1 N–H and O–H groups in total. The highest BCUT2D eigenvalue weighted by Crippen LogP contribution is 2.04. The molecule has 1 atom stereocenters. The van der Waals surface area contributed by atoms with Crippen molar-refractivity contribution in [3.63, 3.8) is 0 Å². The number of hydrogen-bond donors (Lipinski definition) is 1. The Morgan fingerprint density at radius 2 is 2.50 bits per heavy atom. The Kier molecular flexibility index (Phi) is 1.59. The average Bonchev–Trinajstić information content (AvgIpc) is 1.77. The molecule has 0 bridgehead atoms. The number of hydrogen-bond acceptors (Lipinski definition) is 1. The van der Waals surface area contributed by atoms with Crippen LogP contribution in [0.5, 0.6) is 0 Å². The van der Waals surface area contributed by atoms with Crippen LogP contribution in [0.1, 0.15) is 6.92 Å². The zero-order chi connectivity index (χ0) is 5.98. The van der Waals surface area contributed by atoms with Gasteiger partial charge in [-0.15, -0.1) is 0 Å². The second-order valence-corrected chi connectivity index (χ2v) is 2.29.